The average molecular weight is 243 g/mol. The second kappa shape index (κ2) is 5.04. The van der Waals surface area contributed by atoms with E-state index in [0.29, 0.717) is 6.04 Å². The molecule has 1 heterocycles. The summed E-state index contributed by atoms with van der Waals surface area (Å²) in [6.07, 6.45) is 3.75. The number of hydrogen-bond acceptors (Lipinski definition) is 3. The summed E-state index contributed by atoms with van der Waals surface area (Å²) in [6.45, 7) is 5.73. The van der Waals surface area contributed by atoms with Gasteiger partial charge in [0, 0.05) is 23.5 Å². The number of rotatable bonds is 4. The molecule has 94 valence electrons. The van der Waals surface area contributed by atoms with E-state index in [-0.39, 0.29) is 5.78 Å². The van der Waals surface area contributed by atoms with Crippen LogP contribution in [0.25, 0.3) is 0 Å². The number of carbonyl (C=O) groups is 1. The number of benzene rings is 1. The van der Waals surface area contributed by atoms with Crippen LogP contribution < -0.4 is 5.32 Å². The minimum Gasteiger partial charge on any atom is -0.353 e. The molecule has 2 aromatic rings. The smallest absolute Gasteiger partial charge is 0.159 e. The van der Waals surface area contributed by atoms with Crippen LogP contribution in [0.5, 0.6) is 0 Å². The molecule has 0 saturated heterocycles. The van der Waals surface area contributed by atoms with Gasteiger partial charge in [-0.15, -0.1) is 0 Å². The molecule has 4 nitrogen and oxygen atoms in total. The fourth-order valence-corrected chi connectivity index (χ4v) is 1.64. The van der Waals surface area contributed by atoms with Crippen molar-refractivity contribution in [1.82, 2.24) is 9.78 Å². The van der Waals surface area contributed by atoms with Gasteiger partial charge >= 0.3 is 0 Å². The number of hydrogen-bond donors (Lipinski definition) is 1. The second-order valence-corrected chi connectivity index (χ2v) is 4.56. The molecular formula is C14H17N3O. The molecule has 0 aliphatic rings. The molecule has 0 amide bonds. The van der Waals surface area contributed by atoms with Gasteiger partial charge in [-0.1, -0.05) is 0 Å². The Bertz CT molecular complexity index is 540. The normalized spacial score (nSPS) is 10.7. The van der Waals surface area contributed by atoms with Crippen molar-refractivity contribution < 1.29 is 4.79 Å². The van der Waals surface area contributed by atoms with E-state index in [1.807, 2.05) is 35.1 Å². The number of carbonyl (C=O) groups excluding carboxylic acids is 1. The van der Waals surface area contributed by atoms with Crippen LogP contribution in [-0.2, 0) is 0 Å². The topological polar surface area (TPSA) is 46.9 Å². The summed E-state index contributed by atoms with van der Waals surface area (Å²) in [5.41, 5.74) is 2.61. The standard InChI is InChI=1S/C14H17N3O/c1-10(2)17-9-14(8-15-17)16-13-6-4-12(5-7-13)11(3)18/h4-10,16H,1-3H3. The third-order valence-corrected chi connectivity index (χ3v) is 2.71. The quantitative estimate of drug-likeness (QED) is 0.837. The fourth-order valence-electron chi connectivity index (χ4n) is 1.64. The minimum absolute atomic E-state index is 0.0779. The number of aromatic nitrogens is 2. The Balaban J connectivity index is 2.10. The Morgan fingerprint density at radius 1 is 1.22 bits per heavy atom. The lowest BCUT2D eigenvalue weighted by Gasteiger charge is -2.05. The van der Waals surface area contributed by atoms with E-state index in [2.05, 4.69) is 24.3 Å². The Hall–Kier alpha value is -2.10. The van der Waals surface area contributed by atoms with E-state index in [0.717, 1.165) is 16.9 Å². The predicted octanol–water partition coefficient (Wildman–Crippen LogP) is 3.41. The first kappa shape index (κ1) is 12.4. The Morgan fingerprint density at radius 2 is 1.89 bits per heavy atom. The lowest BCUT2D eigenvalue weighted by atomic mass is 10.1. The number of nitrogens with one attached hydrogen (secondary N) is 1. The van der Waals surface area contributed by atoms with Crippen LogP contribution in [0.3, 0.4) is 0 Å². The van der Waals surface area contributed by atoms with E-state index in [1.54, 1.807) is 13.1 Å². The Labute approximate surface area is 107 Å². The molecule has 2 rings (SSSR count). The van der Waals surface area contributed by atoms with Gasteiger partial charge in [0.05, 0.1) is 11.9 Å². The van der Waals surface area contributed by atoms with E-state index in [9.17, 15) is 4.79 Å². The molecule has 0 spiro atoms. The summed E-state index contributed by atoms with van der Waals surface area (Å²) in [4.78, 5) is 11.2. The molecule has 0 aliphatic heterocycles. The summed E-state index contributed by atoms with van der Waals surface area (Å²) < 4.78 is 1.90. The van der Waals surface area contributed by atoms with Gasteiger partial charge < -0.3 is 5.32 Å². The zero-order valence-corrected chi connectivity index (χ0v) is 10.8. The van der Waals surface area contributed by atoms with Gasteiger partial charge in [-0.3, -0.25) is 9.48 Å². The number of ketones is 1. The van der Waals surface area contributed by atoms with Crippen molar-refractivity contribution in [3.63, 3.8) is 0 Å². The molecule has 1 N–H and O–H groups in total. The molecule has 18 heavy (non-hydrogen) atoms. The van der Waals surface area contributed by atoms with Crippen molar-refractivity contribution in [1.29, 1.82) is 0 Å². The van der Waals surface area contributed by atoms with Crippen molar-refractivity contribution in [2.24, 2.45) is 0 Å². The maximum atomic E-state index is 11.2. The first-order valence-corrected chi connectivity index (χ1v) is 5.98. The molecule has 1 aromatic carbocycles. The molecule has 0 unspecified atom stereocenters. The summed E-state index contributed by atoms with van der Waals surface area (Å²) in [7, 11) is 0. The Kier molecular flexibility index (Phi) is 3.46. The first-order valence-electron chi connectivity index (χ1n) is 5.98. The van der Waals surface area contributed by atoms with Gasteiger partial charge in [-0.2, -0.15) is 5.10 Å². The van der Waals surface area contributed by atoms with E-state index >= 15 is 0 Å². The molecule has 0 atom stereocenters. The highest BCUT2D eigenvalue weighted by molar-refractivity contribution is 5.94. The molecule has 0 aliphatic carbocycles. The molecule has 0 fully saturated rings. The van der Waals surface area contributed by atoms with Crippen LogP contribution in [-0.4, -0.2) is 15.6 Å². The van der Waals surface area contributed by atoms with E-state index in [4.69, 9.17) is 0 Å². The van der Waals surface area contributed by atoms with Crippen molar-refractivity contribution >= 4 is 17.2 Å². The van der Waals surface area contributed by atoms with Crippen LogP contribution >= 0.6 is 0 Å². The third kappa shape index (κ3) is 2.77. The molecule has 0 saturated carbocycles. The molecule has 1 aromatic heterocycles. The van der Waals surface area contributed by atoms with Crippen molar-refractivity contribution in [3.8, 4) is 0 Å². The first-order chi connectivity index (χ1) is 8.56. The predicted molar refractivity (Wildman–Crippen MR) is 72.3 cm³/mol. The van der Waals surface area contributed by atoms with Crippen LogP contribution in [0.2, 0.25) is 0 Å². The van der Waals surface area contributed by atoms with Crippen LogP contribution in [0.4, 0.5) is 11.4 Å². The van der Waals surface area contributed by atoms with Gasteiger partial charge in [0.1, 0.15) is 0 Å². The van der Waals surface area contributed by atoms with Gasteiger partial charge in [-0.05, 0) is 45.0 Å². The summed E-state index contributed by atoms with van der Waals surface area (Å²) >= 11 is 0. The third-order valence-electron chi connectivity index (χ3n) is 2.71. The van der Waals surface area contributed by atoms with Crippen LogP contribution in [0, 0.1) is 0 Å². The molecule has 0 radical (unpaired) electrons. The highest BCUT2D eigenvalue weighted by Crippen LogP contribution is 2.17. The maximum Gasteiger partial charge on any atom is 0.159 e. The SMILES string of the molecule is CC(=O)c1ccc(Nc2cnn(C(C)C)c2)cc1. The van der Waals surface area contributed by atoms with Crippen LogP contribution in [0.15, 0.2) is 36.7 Å². The largest absolute Gasteiger partial charge is 0.353 e. The zero-order chi connectivity index (χ0) is 13.1. The highest BCUT2D eigenvalue weighted by atomic mass is 16.1. The van der Waals surface area contributed by atoms with Gasteiger partial charge in [0.2, 0.25) is 0 Å². The molecule has 4 heteroatoms. The maximum absolute atomic E-state index is 11.2. The van der Waals surface area contributed by atoms with Crippen LogP contribution in [0.1, 0.15) is 37.2 Å². The lowest BCUT2D eigenvalue weighted by molar-refractivity contribution is 0.101. The number of anilines is 2. The number of Topliss-reactive ketones (excluding diaryl/α,β-unsaturated/α-hetero) is 1. The monoisotopic (exact) mass is 243 g/mol. The van der Waals surface area contributed by atoms with Crippen molar-refractivity contribution in [2.45, 2.75) is 26.8 Å². The van der Waals surface area contributed by atoms with Gasteiger partial charge in [0.15, 0.2) is 5.78 Å². The second-order valence-electron chi connectivity index (χ2n) is 4.56. The number of nitrogens with zero attached hydrogens (tertiary/aromatic N) is 2. The van der Waals surface area contributed by atoms with E-state index < -0.39 is 0 Å². The lowest BCUT2D eigenvalue weighted by Crippen LogP contribution is -2.00. The molecular weight excluding hydrogens is 226 g/mol. The zero-order valence-electron chi connectivity index (χ0n) is 10.8. The fraction of sp³-hybridized carbons (Fsp3) is 0.286. The summed E-state index contributed by atoms with van der Waals surface area (Å²) in [5.74, 6) is 0.0779. The van der Waals surface area contributed by atoms with Crippen molar-refractivity contribution in [2.75, 3.05) is 5.32 Å². The highest BCUT2D eigenvalue weighted by Gasteiger charge is 2.03. The van der Waals surface area contributed by atoms with Gasteiger partial charge in [0.25, 0.3) is 0 Å². The minimum atomic E-state index is 0.0779. The van der Waals surface area contributed by atoms with E-state index in [1.165, 1.54) is 0 Å². The summed E-state index contributed by atoms with van der Waals surface area (Å²) in [5, 5.41) is 7.51. The van der Waals surface area contributed by atoms with Gasteiger partial charge in [-0.25, -0.2) is 0 Å². The average Bonchev–Trinajstić information content (AvgIpc) is 2.78. The summed E-state index contributed by atoms with van der Waals surface area (Å²) in [6, 6.07) is 7.77. The van der Waals surface area contributed by atoms with Crippen molar-refractivity contribution in [3.05, 3.63) is 42.2 Å². The molecule has 0 bridgehead atoms. The Morgan fingerprint density at radius 3 is 2.39 bits per heavy atom.